The molecule has 1 aliphatic heterocycles. The zero-order valence-corrected chi connectivity index (χ0v) is 17.2. The Morgan fingerprint density at radius 1 is 1.17 bits per heavy atom. The first kappa shape index (κ1) is 21.1. The molecular formula is C23H24N2O5. The molecule has 7 nitrogen and oxygen atoms in total. The second kappa shape index (κ2) is 9.26. The van der Waals surface area contributed by atoms with E-state index in [9.17, 15) is 14.9 Å². The van der Waals surface area contributed by atoms with E-state index in [1.54, 1.807) is 19.1 Å². The van der Waals surface area contributed by atoms with E-state index in [2.05, 4.69) is 5.32 Å². The number of hydrogen-bond acceptors (Lipinski definition) is 6. The third kappa shape index (κ3) is 4.68. The third-order valence-corrected chi connectivity index (χ3v) is 4.78. The van der Waals surface area contributed by atoms with Gasteiger partial charge < -0.3 is 14.8 Å². The van der Waals surface area contributed by atoms with Gasteiger partial charge in [-0.05, 0) is 32.4 Å². The van der Waals surface area contributed by atoms with Crippen molar-refractivity contribution in [1.82, 2.24) is 5.32 Å². The van der Waals surface area contributed by atoms with Crippen LogP contribution >= 0.6 is 0 Å². The van der Waals surface area contributed by atoms with Gasteiger partial charge in [-0.25, -0.2) is 4.79 Å². The van der Waals surface area contributed by atoms with Crippen molar-refractivity contribution in [2.45, 2.75) is 33.3 Å². The quantitative estimate of drug-likeness (QED) is 0.409. The molecule has 0 aliphatic carbocycles. The number of allylic oxidation sites excluding steroid dienone is 3. The number of non-ortho nitro benzene ring substituents is 1. The summed E-state index contributed by atoms with van der Waals surface area (Å²) in [6.45, 7) is 6.02. The van der Waals surface area contributed by atoms with Crippen molar-refractivity contribution in [3.8, 4) is 5.75 Å². The van der Waals surface area contributed by atoms with Crippen molar-refractivity contribution in [2.24, 2.45) is 0 Å². The summed E-state index contributed by atoms with van der Waals surface area (Å²) in [6.07, 6.45) is 1.97. The first-order valence-electron chi connectivity index (χ1n) is 9.69. The summed E-state index contributed by atoms with van der Waals surface area (Å²) < 4.78 is 11.3. The van der Waals surface area contributed by atoms with Gasteiger partial charge in [0.2, 0.25) is 0 Å². The lowest BCUT2D eigenvalue weighted by Gasteiger charge is -2.27. The number of rotatable bonds is 7. The SMILES string of the molecule is CCOC(=O)C1=C(C)NC(C)=CC1c1ccccc1OCc1cccc([N+](=O)[O-])c1. The number of nitro benzene ring substituents is 1. The molecule has 0 spiro atoms. The van der Waals surface area contributed by atoms with Crippen molar-refractivity contribution < 1.29 is 19.2 Å². The lowest BCUT2D eigenvalue weighted by molar-refractivity contribution is -0.384. The minimum atomic E-state index is -0.431. The maximum Gasteiger partial charge on any atom is 0.336 e. The molecule has 0 saturated heterocycles. The Balaban J connectivity index is 1.91. The molecule has 0 bridgehead atoms. The smallest absolute Gasteiger partial charge is 0.336 e. The molecule has 2 aromatic carbocycles. The van der Waals surface area contributed by atoms with E-state index in [4.69, 9.17) is 9.47 Å². The second-order valence-electron chi connectivity index (χ2n) is 6.97. The number of para-hydroxylation sites is 1. The molecule has 1 heterocycles. The van der Waals surface area contributed by atoms with Gasteiger partial charge in [0.1, 0.15) is 12.4 Å². The third-order valence-electron chi connectivity index (χ3n) is 4.78. The summed E-state index contributed by atoms with van der Waals surface area (Å²) in [5.74, 6) is -0.0918. The minimum Gasteiger partial charge on any atom is -0.489 e. The van der Waals surface area contributed by atoms with Crippen molar-refractivity contribution in [2.75, 3.05) is 6.61 Å². The molecule has 0 saturated carbocycles. The number of ether oxygens (including phenoxy) is 2. The first-order valence-corrected chi connectivity index (χ1v) is 9.69. The molecule has 1 aliphatic rings. The standard InChI is InChI=1S/C23H24N2O5/c1-4-29-23(26)22-16(3)24-15(2)12-20(22)19-10-5-6-11-21(19)30-14-17-8-7-9-18(13-17)25(27)28/h5-13,20,24H,4,14H2,1-3H3. The zero-order valence-electron chi connectivity index (χ0n) is 17.2. The molecule has 156 valence electrons. The van der Waals surface area contributed by atoms with Crippen molar-refractivity contribution in [1.29, 1.82) is 0 Å². The highest BCUT2D eigenvalue weighted by atomic mass is 16.6. The lowest BCUT2D eigenvalue weighted by atomic mass is 9.86. The van der Waals surface area contributed by atoms with Crippen LogP contribution in [0.2, 0.25) is 0 Å². The molecule has 2 aromatic rings. The Labute approximate surface area is 175 Å². The number of nitrogens with zero attached hydrogens (tertiary/aromatic N) is 1. The number of benzene rings is 2. The van der Waals surface area contributed by atoms with E-state index < -0.39 is 4.92 Å². The van der Waals surface area contributed by atoms with Crippen LogP contribution < -0.4 is 10.1 Å². The summed E-state index contributed by atoms with van der Waals surface area (Å²) in [4.78, 5) is 23.2. The summed E-state index contributed by atoms with van der Waals surface area (Å²) in [5.41, 5.74) is 3.74. The first-order chi connectivity index (χ1) is 14.4. The predicted octanol–water partition coefficient (Wildman–Crippen LogP) is 4.60. The molecule has 0 amide bonds. The van der Waals surface area contributed by atoms with E-state index >= 15 is 0 Å². The fraction of sp³-hybridized carbons (Fsp3) is 0.261. The van der Waals surface area contributed by atoms with Crippen LogP contribution in [-0.2, 0) is 16.1 Å². The van der Waals surface area contributed by atoms with Gasteiger partial charge in [0.15, 0.2) is 0 Å². The number of nitro groups is 1. The molecule has 7 heteroatoms. The number of nitrogens with one attached hydrogen (secondary N) is 1. The van der Waals surface area contributed by atoms with Gasteiger partial charge in [0.05, 0.1) is 17.1 Å². The lowest BCUT2D eigenvalue weighted by Crippen LogP contribution is -2.26. The fourth-order valence-corrected chi connectivity index (χ4v) is 3.50. The van der Waals surface area contributed by atoms with E-state index in [1.807, 2.05) is 44.2 Å². The van der Waals surface area contributed by atoms with Crippen LogP contribution in [0.25, 0.3) is 0 Å². The van der Waals surface area contributed by atoms with E-state index in [-0.39, 0.29) is 30.8 Å². The van der Waals surface area contributed by atoms with Gasteiger partial charge in [-0.15, -0.1) is 0 Å². The zero-order chi connectivity index (χ0) is 21.7. The maximum absolute atomic E-state index is 12.6. The largest absolute Gasteiger partial charge is 0.489 e. The Bertz CT molecular complexity index is 1030. The van der Waals surface area contributed by atoms with E-state index in [1.165, 1.54) is 12.1 Å². The number of carbonyl (C=O) groups excluding carboxylic acids is 1. The van der Waals surface area contributed by atoms with Crippen LogP contribution in [-0.4, -0.2) is 17.5 Å². The molecule has 0 fully saturated rings. The summed E-state index contributed by atoms with van der Waals surface area (Å²) in [6, 6.07) is 13.8. The van der Waals surface area contributed by atoms with Gasteiger partial charge in [0.25, 0.3) is 5.69 Å². The molecule has 0 radical (unpaired) electrons. The maximum atomic E-state index is 12.6. The molecular weight excluding hydrogens is 384 g/mol. The number of hydrogen-bond donors (Lipinski definition) is 1. The predicted molar refractivity (Wildman–Crippen MR) is 113 cm³/mol. The Morgan fingerprint density at radius 2 is 1.93 bits per heavy atom. The van der Waals surface area contributed by atoms with Crippen LogP contribution in [0.4, 0.5) is 5.69 Å². The number of carbonyl (C=O) groups is 1. The summed E-state index contributed by atoms with van der Waals surface area (Å²) in [5, 5.41) is 14.2. The number of esters is 1. The molecule has 3 rings (SSSR count). The fourth-order valence-electron chi connectivity index (χ4n) is 3.50. The topological polar surface area (TPSA) is 90.7 Å². The summed E-state index contributed by atoms with van der Waals surface area (Å²) in [7, 11) is 0. The second-order valence-corrected chi connectivity index (χ2v) is 6.97. The highest BCUT2D eigenvalue weighted by molar-refractivity contribution is 5.92. The number of dihydropyridines is 1. The van der Waals surface area contributed by atoms with Crippen LogP contribution in [0.15, 0.2) is 71.6 Å². The van der Waals surface area contributed by atoms with E-state index in [0.717, 1.165) is 17.0 Å². The molecule has 1 unspecified atom stereocenters. The Morgan fingerprint density at radius 3 is 2.67 bits per heavy atom. The van der Waals surface area contributed by atoms with Gasteiger partial charge in [0, 0.05) is 35.0 Å². The highest BCUT2D eigenvalue weighted by Gasteiger charge is 2.30. The molecule has 0 aromatic heterocycles. The monoisotopic (exact) mass is 408 g/mol. The van der Waals surface area contributed by atoms with Crippen LogP contribution in [0.3, 0.4) is 0 Å². The van der Waals surface area contributed by atoms with Crippen LogP contribution in [0, 0.1) is 10.1 Å². The average Bonchev–Trinajstić information content (AvgIpc) is 2.72. The van der Waals surface area contributed by atoms with Crippen LogP contribution in [0.1, 0.15) is 37.8 Å². The van der Waals surface area contributed by atoms with Gasteiger partial charge in [-0.1, -0.05) is 36.4 Å². The molecule has 30 heavy (non-hydrogen) atoms. The van der Waals surface area contributed by atoms with Crippen molar-refractivity contribution in [3.05, 3.63) is 92.8 Å². The Kier molecular flexibility index (Phi) is 6.51. The summed E-state index contributed by atoms with van der Waals surface area (Å²) >= 11 is 0. The van der Waals surface area contributed by atoms with Gasteiger partial charge in [-0.2, -0.15) is 0 Å². The average molecular weight is 408 g/mol. The molecule has 1 N–H and O–H groups in total. The van der Waals surface area contributed by atoms with Gasteiger partial charge >= 0.3 is 5.97 Å². The van der Waals surface area contributed by atoms with Gasteiger partial charge in [-0.3, -0.25) is 10.1 Å². The molecule has 1 atom stereocenters. The van der Waals surface area contributed by atoms with Crippen molar-refractivity contribution in [3.63, 3.8) is 0 Å². The van der Waals surface area contributed by atoms with E-state index in [0.29, 0.717) is 16.9 Å². The van der Waals surface area contributed by atoms with Crippen LogP contribution in [0.5, 0.6) is 5.75 Å². The highest BCUT2D eigenvalue weighted by Crippen LogP contribution is 2.37. The Hall–Kier alpha value is -3.61. The minimum absolute atomic E-state index is 0.0180. The normalized spacial score (nSPS) is 15.8. The van der Waals surface area contributed by atoms with Crippen molar-refractivity contribution >= 4 is 11.7 Å².